The Labute approximate surface area is 149 Å². The fourth-order valence-electron chi connectivity index (χ4n) is 2.41. The Balaban J connectivity index is 2.05. The van der Waals surface area contributed by atoms with Crippen molar-refractivity contribution in [3.8, 4) is 0 Å². The number of aromatic nitrogens is 1. The van der Waals surface area contributed by atoms with E-state index >= 15 is 0 Å². The lowest BCUT2D eigenvalue weighted by molar-refractivity contribution is 0.0998. The molecule has 0 radical (unpaired) electrons. The van der Waals surface area contributed by atoms with Gasteiger partial charge in [-0.2, -0.15) is 4.99 Å². The molecule has 0 atom stereocenters. The topological polar surface area (TPSA) is 68.5 Å². The van der Waals surface area contributed by atoms with Crippen molar-refractivity contribution in [2.45, 2.75) is 11.4 Å². The van der Waals surface area contributed by atoms with Crippen LogP contribution in [0.2, 0.25) is 0 Å². The van der Waals surface area contributed by atoms with E-state index in [-0.39, 0.29) is 4.90 Å². The van der Waals surface area contributed by atoms with Crippen molar-refractivity contribution in [2.24, 2.45) is 4.99 Å². The van der Waals surface area contributed by atoms with Gasteiger partial charge in [-0.1, -0.05) is 29.5 Å². The SMILES string of the molecule is C=CCn1c(=NC(=O)c2ccc(S(C)(=O)=O)cc2)sc2ccccc21. The van der Waals surface area contributed by atoms with Gasteiger partial charge >= 0.3 is 0 Å². The van der Waals surface area contributed by atoms with Crippen LogP contribution in [-0.2, 0) is 16.4 Å². The molecule has 128 valence electrons. The molecule has 0 aliphatic rings. The summed E-state index contributed by atoms with van der Waals surface area (Å²) < 4.78 is 26.0. The zero-order valence-electron chi connectivity index (χ0n) is 13.5. The minimum absolute atomic E-state index is 0.174. The number of benzene rings is 2. The van der Waals surface area contributed by atoms with Gasteiger partial charge in [-0.3, -0.25) is 4.79 Å². The fraction of sp³-hybridized carbons (Fsp3) is 0.111. The van der Waals surface area contributed by atoms with Gasteiger partial charge in [0.1, 0.15) is 0 Å². The highest BCUT2D eigenvalue weighted by Crippen LogP contribution is 2.17. The molecule has 3 rings (SSSR count). The number of allylic oxidation sites excluding steroid dienone is 1. The van der Waals surface area contributed by atoms with Crippen LogP contribution in [0.15, 0.2) is 71.1 Å². The van der Waals surface area contributed by atoms with Crippen LogP contribution in [0.3, 0.4) is 0 Å². The first-order valence-electron chi connectivity index (χ1n) is 7.48. The number of amides is 1. The molecule has 0 unspecified atom stereocenters. The number of carbonyl (C=O) groups is 1. The molecular formula is C18H16N2O3S2. The van der Waals surface area contributed by atoms with Crippen molar-refractivity contribution >= 4 is 37.3 Å². The molecule has 0 saturated carbocycles. The summed E-state index contributed by atoms with van der Waals surface area (Å²) >= 11 is 1.43. The maximum atomic E-state index is 12.5. The molecule has 0 saturated heterocycles. The second-order valence-electron chi connectivity index (χ2n) is 5.47. The molecule has 0 spiro atoms. The van der Waals surface area contributed by atoms with Crippen molar-refractivity contribution < 1.29 is 13.2 Å². The number of thiazole rings is 1. The standard InChI is InChI=1S/C18H16N2O3S2/c1-3-12-20-15-6-4-5-7-16(15)24-18(20)19-17(21)13-8-10-14(11-9-13)25(2,22)23/h3-11H,1,12H2,2H3. The summed E-state index contributed by atoms with van der Waals surface area (Å²) in [6, 6.07) is 13.6. The zero-order valence-corrected chi connectivity index (χ0v) is 15.2. The van der Waals surface area contributed by atoms with E-state index in [0.29, 0.717) is 16.9 Å². The molecule has 1 heterocycles. The van der Waals surface area contributed by atoms with E-state index in [1.807, 2.05) is 28.8 Å². The first kappa shape index (κ1) is 17.3. The Morgan fingerprint density at radius 2 is 1.88 bits per heavy atom. The Morgan fingerprint density at radius 1 is 1.20 bits per heavy atom. The highest BCUT2D eigenvalue weighted by atomic mass is 32.2. The van der Waals surface area contributed by atoms with E-state index in [9.17, 15) is 13.2 Å². The van der Waals surface area contributed by atoms with Crippen LogP contribution in [0, 0.1) is 0 Å². The normalized spacial score (nSPS) is 12.4. The number of fused-ring (bicyclic) bond motifs is 1. The molecule has 0 aliphatic carbocycles. The lowest BCUT2D eigenvalue weighted by Crippen LogP contribution is -2.16. The second kappa shape index (κ2) is 6.78. The number of nitrogens with zero attached hydrogens (tertiary/aromatic N) is 2. The van der Waals surface area contributed by atoms with E-state index in [2.05, 4.69) is 11.6 Å². The first-order valence-corrected chi connectivity index (χ1v) is 10.2. The highest BCUT2D eigenvalue weighted by Gasteiger charge is 2.11. The molecule has 0 N–H and O–H groups in total. The molecule has 25 heavy (non-hydrogen) atoms. The van der Waals surface area contributed by atoms with Crippen LogP contribution >= 0.6 is 11.3 Å². The van der Waals surface area contributed by atoms with Gasteiger partial charge in [0.2, 0.25) is 0 Å². The Bertz CT molecular complexity index is 1120. The Morgan fingerprint density at radius 3 is 2.52 bits per heavy atom. The minimum atomic E-state index is -3.29. The van der Waals surface area contributed by atoms with E-state index in [0.717, 1.165) is 16.5 Å². The summed E-state index contributed by atoms with van der Waals surface area (Å²) in [5.74, 6) is -0.413. The summed E-state index contributed by atoms with van der Waals surface area (Å²) in [4.78, 5) is 17.4. The fourth-order valence-corrected chi connectivity index (χ4v) is 4.08. The van der Waals surface area contributed by atoms with Gasteiger partial charge in [0, 0.05) is 18.4 Å². The van der Waals surface area contributed by atoms with E-state index < -0.39 is 15.7 Å². The summed E-state index contributed by atoms with van der Waals surface area (Å²) in [5, 5.41) is 0. The number of para-hydroxylation sites is 1. The van der Waals surface area contributed by atoms with E-state index in [1.54, 1.807) is 6.08 Å². The smallest absolute Gasteiger partial charge is 0.279 e. The second-order valence-corrected chi connectivity index (χ2v) is 8.49. The van der Waals surface area contributed by atoms with Gasteiger partial charge in [0.25, 0.3) is 5.91 Å². The van der Waals surface area contributed by atoms with Gasteiger partial charge in [-0.15, -0.1) is 6.58 Å². The number of carbonyl (C=O) groups excluding carboxylic acids is 1. The van der Waals surface area contributed by atoms with Gasteiger partial charge in [0.15, 0.2) is 14.6 Å². The molecule has 7 heteroatoms. The average molecular weight is 372 g/mol. The predicted molar refractivity (Wildman–Crippen MR) is 99.5 cm³/mol. The highest BCUT2D eigenvalue weighted by molar-refractivity contribution is 7.90. The Kier molecular flexibility index (Phi) is 4.69. The molecule has 1 aromatic heterocycles. The summed E-state index contributed by atoms with van der Waals surface area (Å²) in [7, 11) is -3.29. The predicted octanol–water partition coefficient (Wildman–Crippen LogP) is 3.03. The summed E-state index contributed by atoms with van der Waals surface area (Å²) in [6.07, 6.45) is 2.88. The minimum Gasteiger partial charge on any atom is -0.312 e. The van der Waals surface area contributed by atoms with Crippen LogP contribution in [0.5, 0.6) is 0 Å². The third-order valence-corrected chi connectivity index (χ3v) is 5.81. The first-order chi connectivity index (χ1) is 11.9. The van der Waals surface area contributed by atoms with Crippen molar-refractivity contribution in [1.29, 1.82) is 0 Å². The molecule has 1 amide bonds. The molecule has 3 aromatic rings. The molecule has 0 aliphatic heterocycles. The van der Waals surface area contributed by atoms with Gasteiger partial charge < -0.3 is 4.57 Å². The molecular weight excluding hydrogens is 356 g/mol. The quantitative estimate of drug-likeness (QED) is 0.661. The Hall–Kier alpha value is -2.51. The van der Waals surface area contributed by atoms with Crippen molar-refractivity contribution in [1.82, 2.24) is 4.57 Å². The van der Waals surface area contributed by atoms with E-state index in [1.165, 1.54) is 35.6 Å². The van der Waals surface area contributed by atoms with Crippen molar-refractivity contribution in [2.75, 3.05) is 6.26 Å². The van der Waals surface area contributed by atoms with Gasteiger partial charge in [-0.05, 0) is 36.4 Å². The molecule has 5 nitrogen and oxygen atoms in total. The number of hydrogen-bond donors (Lipinski definition) is 0. The molecule has 0 fully saturated rings. The lowest BCUT2D eigenvalue weighted by atomic mass is 10.2. The lowest BCUT2D eigenvalue weighted by Gasteiger charge is -2.01. The van der Waals surface area contributed by atoms with Gasteiger partial charge in [-0.25, -0.2) is 8.42 Å². The third-order valence-electron chi connectivity index (χ3n) is 3.63. The van der Waals surface area contributed by atoms with Crippen LogP contribution < -0.4 is 4.80 Å². The number of sulfone groups is 1. The van der Waals surface area contributed by atoms with Crippen LogP contribution in [0.4, 0.5) is 0 Å². The van der Waals surface area contributed by atoms with E-state index in [4.69, 9.17) is 0 Å². The van der Waals surface area contributed by atoms with Crippen LogP contribution in [0.25, 0.3) is 10.2 Å². The van der Waals surface area contributed by atoms with Crippen LogP contribution in [-0.4, -0.2) is 25.1 Å². The average Bonchev–Trinajstić information content (AvgIpc) is 2.92. The maximum absolute atomic E-state index is 12.5. The largest absolute Gasteiger partial charge is 0.312 e. The summed E-state index contributed by atoms with van der Waals surface area (Å²) in [6.45, 7) is 4.30. The number of hydrogen-bond acceptors (Lipinski definition) is 4. The molecule has 2 aromatic carbocycles. The third kappa shape index (κ3) is 3.62. The van der Waals surface area contributed by atoms with Crippen LogP contribution in [0.1, 0.15) is 10.4 Å². The van der Waals surface area contributed by atoms with Gasteiger partial charge in [0.05, 0.1) is 15.1 Å². The zero-order chi connectivity index (χ0) is 18.0. The maximum Gasteiger partial charge on any atom is 0.279 e. The summed E-state index contributed by atoms with van der Waals surface area (Å²) in [5.41, 5.74) is 1.33. The monoisotopic (exact) mass is 372 g/mol. The van der Waals surface area contributed by atoms with Crippen molar-refractivity contribution in [3.05, 3.63) is 71.6 Å². The van der Waals surface area contributed by atoms with Crippen molar-refractivity contribution in [3.63, 3.8) is 0 Å². The molecule has 0 bridgehead atoms. The number of rotatable bonds is 4.